The van der Waals surface area contributed by atoms with Crippen molar-refractivity contribution in [3.05, 3.63) is 153 Å². The van der Waals surface area contributed by atoms with Gasteiger partial charge in [0, 0.05) is 31.9 Å². The molecule has 48 heavy (non-hydrogen) atoms. The van der Waals surface area contributed by atoms with Crippen molar-refractivity contribution < 1.29 is 19.7 Å². The number of nitrogens with zero attached hydrogens (tertiary/aromatic N) is 1. The zero-order valence-corrected chi connectivity index (χ0v) is 28.5. The van der Waals surface area contributed by atoms with Crippen LogP contribution in [0.15, 0.2) is 102 Å². The number of rotatable bonds is 7. The van der Waals surface area contributed by atoms with E-state index in [1.807, 2.05) is 94.6 Å². The lowest BCUT2D eigenvalue weighted by Gasteiger charge is -2.22. The smallest absolute Gasteiger partial charge is 0.126 e. The third kappa shape index (κ3) is 7.41. The summed E-state index contributed by atoms with van der Waals surface area (Å²) in [6.07, 6.45) is 3.75. The predicted octanol–water partition coefficient (Wildman–Crippen LogP) is 9.53. The monoisotopic (exact) mass is 639 g/mol. The summed E-state index contributed by atoms with van der Waals surface area (Å²) in [7, 11) is 0. The summed E-state index contributed by atoms with van der Waals surface area (Å²) in [4.78, 5) is 4.92. The number of phenolic OH excluding ortho intramolecular Hbond substituents is 2. The number of fused-ring (bicyclic) bond motifs is 8. The van der Waals surface area contributed by atoms with E-state index in [0.29, 0.717) is 31.4 Å². The number of hydrogen-bond donors (Lipinski definition) is 2. The van der Waals surface area contributed by atoms with Crippen molar-refractivity contribution in [2.45, 2.75) is 78.6 Å². The van der Waals surface area contributed by atoms with Gasteiger partial charge in [0.2, 0.25) is 0 Å². The van der Waals surface area contributed by atoms with E-state index in [1.54, 1.807) is 0 Å². The topological polar surface area (TPSA) is 71.3 Å². The number of aliphatic imine (C=N–C) groups is 1. The van der Waals surface area contributed by atoms with Gasteiger partial charge in [0.1, 0.15) is 23.0 Å². The molecule has 8 bridgehead atoms. The van der Waals surface area contributed by atoms with Gasteiger partial charge in [0.25, 0.3) is 0 Å². The third-order valence-electron chi connectivity index (χ3n) is 8.81. The summed E-state index contributed by atoms with van der Waals surface area (Å²) >= 11 is 0. The molecular weight excluding hydrogens is 594 g/mol. The zero-order chi connectivity index (χ0) is 33.8. The highest BCUT2D eigenvalue weighted by molar-refractivity contribution is 5.81. The van der Waals surface area contributed by atoms with Crippen LogP contribution in [-0.4, -0.2) is 28.6 Å². The summed E-state index contributed by atoms with van der Waals surface area (Å²) in [5, 5.41) is 23.5. The Hall–Kier alpha value is -5.03. The number of aromatic hydroxyl groups is 2. The van der Waals surface area contributed by atoms with Crippen LogP contribution in [0.2, 0.25) is 0 Å². The molecule has 2 N–H and O–H groups in total. The molecule has 5 heteroatoms. The Bertz CT molecular complexity index is 1820. The summed E-state index contributed by atoms with van der Waals surface area (Å²) in [6, 6.07) is 32.6. The van der Waals surface area contributed by atoms with Crippen LogP contribution in [0.5, 0.6) is 23.0 Å². The lowest BCUT2D eigenvalue weighted by molar-refractivity contribution is 0.238. The van der Waals surface area contributed by atoms with Gasteiger partial charge >= 0.3 is 0 Å². The van der Waals surface area contributed by atoms with Crippen LogP contribution in [0.3, 0.4) is 0 Å². The second kappa shape index (κ2) is 14.4. The molecule has 1 aliphatic rings. The normalized spacial score (nSPS) is 13.6. The summed E-state index contributed by atoms with van der Waals surface area (Å²) < 4.78 is 13.0. The van der Waals surface area contributed by atoms with Gasteiger partial charge in [0.15, 0.2) is 0 Å². The summed E-state index contributed by atoms with van der Waals surface area (Å²) in [5.41, 5.74) is 9.26. The minimum Gasteiger partial charge on any atom is -0.507 e. The van der Waals surface area contributed by atoms with Gasteiger partial charge in [-0.2, -0.15) is 0 Å². The maximum Gasteiger partial charge on any atom is 0.126 e. The van der Waals surface area contributed by atoms with Crippen LogP contribution in [0.4, 0.5) is 0 Å². The molecule has 0 radical (unpaired) electrons. The van der Waals surface area contributed by atoms with Crippen molar-refractivity contribution in [2.24, 2.45) is 4.99 Å². The number of para-hydroxylation sites is 3. The van der Waals surface area contributed by atoms with Crippen molar-refractivity contribution in [1.29, 1.82) is 0 Å². The minimum atomic E-state index is -0.0538. The Morgan fingerprint density at radius 3 is 1.35 bits per heavy atom. The highest BCUT2D eigenvalue weighted by atomic mass is 16.5. The molecule has 5 aromatic carbocycles. The SMILES string of the molecule is CC(C)Oc1c2cccc1Cc1cc(C=N[C@@H](C)c3ccccc3)cc(c1O)Cc1cccc(c1OC(C)C)Cc1cccc(c1O)C2. The van der Waals surface area contributed by atoms with Gasteiger partial charge in [-0.1, -0.05) is 84.9 Å². The van der Waals surface area contributed by atoms with Crippen molar-refractivity contribution >= 4 is 6.21 Å². The van der Waals surface area contributed by atoms with Gasteiger partial charge in [-0.15, -0.1) is 0 Å². The molecule has 0 aromatic heterocycles. The van der Waals surface area contributed by atoms with Crippen LogP contribution in [-0.2, 0) is 25.7 Å². The second-order valence-electron chi connectivity index (χ2n) is 13.3. The van der Waals surface area contributed by atoms with Gasteiger partial charge in [-0.3, -0.25) is 4.99 Å². The molecule has 0 heterocycles. The molecule has 0 fully saturated rings. The molecule has 0 saturated carbocycles. The highest BCUT2D eigenvalue weighted by Crippen LogP contribution is 2.39. The van der Waals surface area contributed by atoms with Gasteiger partial charge in [-0.05, 0) is 102 Å². The number of hydrogen-bond acceptors (Lipinski definition) is 5. The molecule has 6 rings (SSSR count). The molecule has 0 unspecified atom stereocenters. The molecule has 0 spiro atoms. The van der Waals surface area contributed by atoms with E-state index in [-0.39, 0.29) is 24.0 Å². The first-order valence-corrected chi connectivity index (χ1v) is 16.9. The predicted molar refractivity (Wildman–Crippen MR) is 194 cm³/mol. The maximum atomic E-state index is 11.9. The van der Waals surface area contributed by atoms with Gasteiger partial charge in [0.05, 0.1) is 18.2 Å². The Morgan fingerprint density at radius 2 is 0.917 bits per heavy atom. The Labute approximate surface area is 284 Å². The molecule has 5 nitrogen and oxygen atoms in total. The second-order valence-corrected chi connectivity index (χ2v) is 13.3. The third-order valence-corrected chi connectivity index (χ3v) is 8.81. The molecular formula is C43H45NO4. The molecule has 1 aliphatic carbocycles. The molecule has 5 aromatic rings. The number of phenols is 2. The van der Waals surface area contributed by atoms with E-state index in [4.69, 9.17) is 14.5 Å². The van der Waals surface area contributed by atoms with Gasteiger partial charge in [-0.25, -0.2) is 0 Å². The first kappa shape index (κ1) is 32.9. The summed E-state index contributed by atoms with van der Waals surface area (Å²) in [5.74, 6) is 2.14. The van der Waals surface area contributed by atoms with E-state index in [0.717, 1.165) is 67.1 Å². The van der Waals surface area contributed by atoms with Gasteiger partial charge < -0.3 is 19.7 Å². The maximum absolute atomic E-state index is 11.9. The molecule has 0 amide bonds. The Morgan fingerprint density at radius 1 is 0.521 bits per heavy atom. The summed E-state index contributed by atoms with van der Waals surface area (Å²) in [6.45, 7) is 10.2. The van der Waals surface area contributed by atoms with Crippen molar-refractivity contribution in [3.8, 4) is 23.0 Å². The van der Waals surface area contributed by atoms with Crippen LogP contribution in [0.1, 0.15) is 96.3 Å². The van der Waals surface area contributed by atoms with E-state index in [1.165, 1.54) is 0 Å². The lowest BCUT2D eigenvalue weighted by Crippen LogP contribution is -2.12. The zero-order valence-electron chi connectivity index (χ0n) is 28.5. The largest absolute Gasteiger partial charge is 0.507 e. The van der Waals surface area contributed by atoms with Crippen LogP contribution < -0.4 is 9.47 Å². The number of benzene rings is 5. The first-order valence-electron chi connectivity index (χ1n) is 16.9. The fourth-order valence-electron chi connectivity index (χ4n) is 6.50. The molecule has 1 atom stereocenters. The minimum absolute atomic E-state index is 0.0172. The average Bonchev–Trinajstić information content (AvgIpc) is 3.06. The van der Waals surface area contributed by atoms with E-state index in [2.05, 4.69) is 43.3 Å². The average molecular weight is 640 g/mol. The highest BCUT2D eigenvalue weighted by Gasteiger charge is 2.21. The first-order chi connectivity index (χ1) is 23.2. The van der Waals surface area contributed by atoms with E-state index < -0.39 is 0 Å². The lowest BCUT2D eigenvalue weighted by atomic mass is 9.90. The quantitative estimate of drug-likeness (QED) is 0.171. The van der Waals surface area contributed by atoms with Crippen LogP contribution >= 0.6 is 0 Å². The van der Waals surface area contributed by atoms with E-state index in [9.17, 15) is 10.2 Å². The van der Waals surface area contributed by atoms with Crippen molar-refractivity contribution in [2.75, 3.05) is 0 Å². The van der Waals surface area contributed by atoms with Crippen LogP contribution in [0.25, 0.3) is 0 Å². The van der Waals surface area contributed by atoms with Crippen molar-refractivity contribution in [1.82, 2.24) is 0 Å². The molecule has 0 aliphatic heterocycles. The Balaban J connectivity index is 1.54. The van der Waals surface area contributed by atoms with Crippen LogP contribution in [0, 0.1) is 0 Å². The standard InChI is InChI=1S/C43H45NO4/c1-27(2)47-42-34-16-10-18-36(42)24-38-20-30(26-44-29(5)31-12-7-6-8-13-31)21-39(41(38)46)25-37-19-11-17-35(43(37)48-28(3)4)23-33-15-9-14-32(22-34)40(33)45/h6-21,26-29,45-46H,22-25H2,1-5H3/t29-/m0/s1. The Kier molecular flexibility index (Phi) is 9.86. The number of ether oxygens (including phenoxy) is 2. The van der Waals surface area contributed by atoms with E-state index >= 15 is 0 Å². The molecule has 246 valence electrons. The van der Waals surface area contributed by atoms with Crippen molar-refractivity contribution in [3.63, 3.8) is 0 Å². The fourth-order valence-corrected chi connectivity index (χ4v) is 6.50. The fraction of sp³-hybridized carbons (Fsp3) is 0.279. The molecule has 0 saturated heterocycles.